The van der Waals surface area contributed by atoms with Crippen LogP contribution in [0.1, 0.15) is 0 Å². The number of rotatable bonds is 2. The van der Waals surface area contributed by atoms with Crippen LogP contribution in [0.4, 0.5) is 0 Å². The van der Waals surface area contributed by atoms with Crippen molar-refractivity contribution in [1.29, 1.82) is 0 Å². The van der Waals surface area contributed by atoms with Gasteiger partial charge in [-0.1, -0.05) is 25.0 Å². The van der Waals surface area contributed by atoms with Crippen LogP contribution in [0, 0.1) is 24.7 Å². The summed E-state index contributed by atoms with van der Waals surface area (Å²) >= 11 is 0. The molecule has 0 N–H and O–H groups in total. The van der Waals surface area contributed by atoms with Crippen molar-refractivity contribution >= 4 is 0 Å². The Bertz CT molecular complexity index is 223. The first-order chi connectivity index (χ1) is 4.70. The first kappa shape index (κ1) is 8.34. The Labute approximate surface area is 62.0 Å². The predicted octanol–water partition coefficient (Wildman–Crippen LogP) is 1.92. The van der Waals surface area contributed by atoms with Gasteiger partial charge >= 0.3 is 0 Å². The number of terminal acetylenes is 2. The molecule has 0 nitrogen and oxygen atoms in total. The van der Waals surface area contributed by atoms with E-state index < -0.39 is 0 Å². The smallest absolute Gasteiger partial charge is 0.0171 e. The predicted molar refractivity (Wildman–Crippen MR) is 45.1 cm³/mol. The van der Waals surface area contributed by atoms with E-state index in [9.17, 15) is 0 Å². The molecule has 0 amide bonds. The van der Waals surface area contributed by atoms with Crippen molar-refractivity contribution in [3.8, 4) is 24.7 Å². The van der Waals surface area contributed by atoms with E-state index >= 15 is 0 Å². The van der Waals surface area contributed by atoms with E-state index in [2.05, 4.69) is 25.0 Å². The second-order valence-electron chi connectivity index (χ2n) is 1.67. The molecule has 0 rings (SSSR count). The Balaban J connectivity index is 4.07. The maximum atomic E-state index is 5.02. The molecule has 0 unspecified atom stereocenters. The summed E-state index contributed by atoms with van der Waals surface area (Å²) in [5, 5.41) is 0. The Morgan fingerprint density at radius 2 is 1.30 bits per heavy atom. The fourth-order valence-electron chi connectivity index (χ4n) is 0.297. The molecule has 0 heterocycles. The van der Waals surface area contributed by atoms with Gasteiger partial charge in [0.1, 0.15) is 0 Å². The lowest BCUT2D eigenvalue weighted by atomic mass is 10.2. The Hall–Kier alpha value is -1.66. The molecule has 0 aliphatic rings. The van der Waals surface area contributed by atoms with Crippen LogP contribution < -0.4 is 0 Å². The largest absolute Gasteiger partial charge is 0.115 e. The van der Waals surface area contributed by atoms with Crippen molar-refractivity contribution in [2.45, 2.75) is 0 Å². The highest BCUT2D eigenvalue weighted by Crippen LogP contribution is 1.94. The summed E-state index contributed by atoms with van der Waals surface area (Å²) in [6.07, 6.45) is 13.3. The molecule has 0 saturated carbocycles. The van der Waals surface area contributed by atoms with Gasteiger partial charge in [-0.15, -0.1) is 12.8 Å². The van der Waals surface area contributed by atoms with Crippen molar-refractivity contribution in [2.24, 2.45) is 0 Å². The van der Waals surface area contributed by atoms with Crippen LogP contribution >= 0.6 is 0 Å². The van der Waals surface area contributed by atoms with Crippen molar-refractivity contribution < 1.29 is 0 Å². The molecule has 0 aromatic heterocycles. The van der Waals surface area contributed by atoms with E-state index in [-0.39, 0.29) is 0 Å². The highest BCUT2D eigenvalue weighted by molar-refractivity contribution is 5.41. The lowest BCUT2D eigenvalue weighted by Crippen LogP contribution is -1.68. The number of allylic oxidation sites excluding steroid dienone is 4. The average molecular weight is 128 g/mol. The topological polar surface area (TPSA) is 0 Å². The first-order valence-corrected chi connectivity index (χ1v) is 2.70. The molecule has 0 aromatic carbocycles. The molecule has 48 valence electrons. The molecule has 0 radical (unpaired) electrons. The van der Waals surface area contributed by atoms with Gasteiger partial charge in [0.25, 0.3) is 0 Å². The number of hydrogen-bond donors (Lipinski definition) is 0. The van der Waals surface area contributed by atoms with Crippen molar-refractivity contribution in [2.75, 3.05) is 0 Å². The standard InChI is InChI=1S/C10H8/c1-5-9(3)7-8-10(4)6-2/h1-2,7-8H,3-4H2/b8-7-. The quantitative estimate of drug-likeness (QED) is 0.393. The van der Waals surface area contributed by atoms with E-state index in [0.29, 0.717) is 11.1 Å². The zero-order valence-corrected chi connectivity index (χ0v) is 5.72. The molecular weight excluding hydrogens is 120 g/mol. The van der Waals surface area contributed by atoms with E-state index in [1.165, 1.54) is 0 Å². The van der Waals surface area contributed by atoms with Gasteiger partial charge in [-0.3, -0.25) is 0 Å². The minimum absolute atomic E-state index is 0.594. The second-order valence-corrected chi connectivity index (χ2v) is 1.67. The lowest BCUT2D eigenvalue weighted by Gasteiger charge is -1.83. The summed E-state index contributed by atoms with van der Waals surface area (Å²) in [6.45, 7) is 7.09. The molecule has 10 heavy (non-hydrogen) atoms. The molecular formula is C10H8. The van der Waals surface area contributed by atoms with Crippen LogP contribution in [0.3, 0.4) is 0 Å². The Morgan fingerprint density at radius 1 is 1.00 bits per heavy atom. The van der Waals surface area contributed by atoms with Crippen molar-refractivity contribution in [1.82, 2.24) is 0 Å². The normalized spacial score (nSPS) is 8.20. The molecule has 0 aliphatic carbocycles. The third kappa shape index (κ3) is 3.36. The van der Waals surface area contributed by atoms with Crippen LogP contribution in [-0.4, -0.2) is 0 Å². The maximum Gasteiger partial charge on any atom is 0.0171 e. The van der Waals surface area contributed by atoms with Crippen molar-refractivity contribution in [3.05, 3.63) is 36.5 Å². The molecule has 0 heteroatoms. The highest BCUT2D eigenvalue weighted by atomic mass is 13.8. The van der Waals surface area contributed by atoms with Gasteiger partial charge in [0.2, 0.25) is 0 Å². The third-order valence-electron chi connectivity index (χ3n) is 0.856. The summed E-state index contributed by atoms with van der Waals surface area (Å²) in [4.78, 5) is 0. The summed E-state index contributed by atoms with van der Waals surface area (Å²) < 4.78 is 0. The van der Waals surface area contributed by atoms with Gasteiger partial charge in [0.15, 0.2) is 0 Å². The van der Waals surface area contributed by atoms with Gasteiger partial charge in [-0.05, 0) is 12.2 Å². The number of hydrogen-bond acceptors (Lipinski definition) is 0. The van der Waals surface area contributed by atoms with E-state index in [4.69, 9.17) is 12.8 Å². The van der Waals surface area contributed by atoms with Gasteiger partial charge < -0.3 is 0 Å². The maximum absolute atomic E-state index is 5.02. The van der Waals surface area contributed by atoms with Gasteiger partial charge in [0, 0.05) is 11.1 Å². The SMILES string of the molecule is C#CC(=C)/C=C\C(=C)C#C. The molecule has 0 fully saturated rings. The fraction of sp³-hybridized carbons (Fsp3) is 0. The van der Waals surface area contributed by atoms with E-state index in [0.717, 1.165) is 0 Å². The van der Waals surface area contributed by atoms with Crippen LogP contribution in [-0.2, 0) is 0 Å². The zero-order chi connectivity index (χ0) is 7.98. The minimum Gasteiger partial charge on any atom is -0.115 e. The fourth-order valence-corrected chi connectivity index (χ4v) is 0.297. The van der Waals surface area contributed by atoms with Crippen molar-refractivity contribution in [3.63, 3.8) is 0 Å². The molecule has 0 aliphatic heterocycles. The molecule has 0 bridgehead atoms. The molecule has 0 aromatic rings. The lowest BCUT2D eigenvalue weighted by molar-refractivity contribution is 1.76. The van der Waals surface area contributed by atoms with Gasteiger partial charge in [-0.2, -0.15) is 0 Å². The average Bonchev–Trinajstić information content (AvgIpc) is 1.99. The Morgan fingerprint density at radius 3 is 1.50 bits per heavy atom. The summed E-state index contributed by atoms with van der Waals surface area (Å²) in [5.41, 5.74) is 1.19. The van der Waals surface area contributed by atoms with Gasteiger partial charge in [0.05, 0.1) is 0 Å². The van der Waals surface area contributed by atoms with Crippen LogP contribution in [0.5, 0.6) is 0 Å². The zero-order valence-electron chi connectivity index (χ0n) is 5.72. The van der Waals surface area contributed by atoms with E-state index in [1.807, 2.05) is 0 Å². The monoisotopic (exact) mass is 128 g/mol. The molecule has 0 spiro atoms. The van der Waals surface area contributed by atoms with Gasteiger partial charge in [-0.25, -0.2) is 0 Å². The summed E-state index contributed by atoms with van der Waals surface area (Å²) in [5.74, 6) is 4.71. The van der Waals surface area contributed by atoms with Crippen LogP contribution in [0.2, 0.25) is 0 Å². The van der Waals surface area contributed by atoms with E-state index in [1.54, 1.807) is 12.2 Å². The minimum atomic E-state index is 0.594. The van der Waals surface area contributed by atoms with Crippen LogP contribution in [0.15, 0.2) is 36.5 Å². The second kappa shape index (κ2) is 4.24. The van der Waals surface area contributed by atoms with Crippen LogP contribution in [0.25, 0.3) is 0 Å². The molecule has 0 saturated heterocycles. The Kier molecular flexibility index (Phi) is 3.54. The highest BCUT2D eigenvalue weighted by Gasteiger charge is 1.78. The summed E-state index contributed by atoms with van der Waals surface area (Å²) in [7, 11) is 0. The summed E-state index contributed by atoms with van der Waals surface area (Å²) in [6, 6.07) is 0. The first-order valence-electron chi connectivity index (χ1n) is 2.70. The molecule has 0 atom stereocenters. The third-order valence-corrected chi connectivity index (χ3v) is 0.856.